The molecule has 0 saturated carbocycles. The fraction of sp³-hybridized carbons (Fsp3) is 0.846. The predicted octanol–water partition coefficient (Wildman–Crippen LogP) is 2.65. The van der Waals surface area contributed by atoms with Crippen molar-refractivity contribution in [3.63, 3.8) is 0 Å². The third-order valence-electron chi connectivity index (χ3n) is 2.39. The normalized spacial score (nSPS) is 15.1. The van der Waals surface area contributed by atoms with Crippen molar-refractivity contribution in [2.45, 2.75) is 59.6 Å². The second-order valence-electron chi connectivity index (χ2n) is 6.01. The van der Waals surface area contributed by atoms with Crippen LogP contribution >= 0.6 is 0 Å². The number of aliphatic carboxylic acids is 1. The van der Waals surface area contributed by atoms with E-state index in [4.69, 9.17) is 9.84 Å². The highest BCUT2D eigenvalue weighted by Crippen LogP contribution is 2.16. The van der Waals surface area contributed by atoms with Crippen LogP contribution in [0.2, 0.25) is 0 Å². The average Bonchev–Trinajstić information content (AvgIpc) is 2.09. The molecule has 0 spiro atoms. The number of alkyl carbamates (subject to hydrolysis) is 1. The molecule has 106 valence electrons. The molecule has 2 N–H and O–H groups in total. The van der Waals surface area contributed by atoms with Crippen LogP contribution in [-0.2, 0) is 9.53 Å². The quantitative estimate of drug-likeness (QED) is 0.795. The van der Waals surface area contributed by atoms with Crippen LogP contribution in [0.5, 0.6) is 0 Å². The van der Waals surface area contributed by atoms with Crippen molar-refractivity contribution in [1.82, 2.24) is 5.32 Å². The van der Waals surface area contributed by atoms with Crippen LogP contribution in [0.25, 0.3) is 0 Å². The van der Waals surface area contributed by atoms with Gasteiger partial charge in [-0.3, -0.25) is 4.79 Å². The smallest absolute Gasteiger partial charge is 0.407 e. The molecule has 0 aromatic carbocycles. The summed E-state index contributed by atoms with van der Waals surface area (Å²) >= 11 is 0. The number of carbonyl (C=O) groups is 2. The third-order valence-corrected chi connectivity index (χ3v) is 2.39. The maximum Gasteiger partial charge on any atom is 0.407 e. The Bertz CT molecular complexity index is 294. The molecule has 0 aliphatic carbocycles. The summed E-state index contributed by atoms with van der Waals surface area (Å²) in [7, 11) is 0. The summed E-state index contributed by atoms with van der Waals surface area (Å²) in [6, 6.07) is -0.459. The first-order valence-corrected chi connectivity index (χ1v) is 6.25. The largest absolute Gasteiger partial charge is 0.481 e. The molecule has 0 aliphatic heterocycles. The molecule has 5 heteroatoms. The zero-order chi connectivity index (χ0) is 14.5. The molecule has 0 aliphatic rings. The highest BCUT2D eigenvalue weighted by molar-refractivity contribution is 5.73. The molecule has 0 aromatic rings. The van der Waals surface area contributed by atoms with E-state index in [1.165, 1.54) is 0 Å². The first-order valence-electron chi connectivity index (χ1n) is 6.25. The molecule has 5 nitrogen and oxygen atoms in total. The number of carboxylic acid groups (broad SMARTS) is 1. The Morgan fingerprint density at radius 3 is 2.06 bits per heavy atom. The molecule has 0 fully saturated rings. The van der Waals surface area contributed by atoms with Crippen LogP contribution in [0.15, 0.2) is 0 Å². The number of ether oxygens (including phenoxy) is 1. The molecule has 1 amide bonds. The summed E-state index contributed by atoms with van der Waals surface area (Å²) in [5.41, 5.74) is -0.583. The topological polar surface area (TPSA) is 75.6 Å². The second kappa shape index (κ2) is 6.61. The highest BCUT2D eigenvalue weighted by atomic mass is 16.6. The van der Waals surface area contributed by atoms with Crippen molar-refractivity contribution >= 4 is 12.1 Å². The van der Waals surface area contributed by atoms with Crippen molar-refractivity contribution in [2.24, 2.45) is 11.8 Å². The summed E-state index contributed by atoms with van der Waals surface area (Å²) in [5, 5.41) is 11.7. The minimum atomic E-state index is -0.896. The van der Waals surface area contributed by atoms with Gasteiger partial charge in [-0.2, -0.15) is 0 Å². The molecule has 2 atom stereocenters. The van der Waals surface area contributed by atoms with E-state index in [0.29, 0.717) is 6.42 Å². The maximum atomic E-state index is 11.6. The number of hydrogen-bond acceptors (Lipinski definition) is 3. The van der Waals surface area contributed by atoms with Crippen LogP contribution in [0.3, 0.4) is 0 Å². The molecule has 0 saturated heterocycles. The molecule has 0 aromatic heterocycles. The van der Waals surface area contributed by atoms with Crippen molar-refractivity contribution in [1.29, 1.82) is 0 Å². The van der Waals surface area contributed by atoms with Gasteiger partial charge in [0.05, 0.1) is 5.92 Å². The first kappa shape index (κ1) is 16.7. The summed E-state index contributed by atoms with van der Waals surface area (Å²) in [5.74, 6) is -1.24. The van der Waals surface area contributed by atoms with Gasteiger partial charge in [0.25, 0.3) is 0 Å². The van der Waals surface area contributed by atoms with Crippen molar-refractivity contribution in [3.05, 3.63) is 0 Å². The Kier molecular flexibility index (Phi) is 6.15. The van der Waals surface area contributed by atoms with Gasteiger partial charge in [-0.1, -0.05) is 13.8 Å². The Balaban J connectivity index is 4.47. The summed E-state index contributed by atoms with van der Waals surface area (Å²) < 4.78 is 5.10. The fourth-order valence-electron chi connectivity index (χ4n) is 1.62. The van der Waals surface area contributed by atoms with Crippen molar-refractivity contribution in [2.75, 3.05) is 0 Å². The van der Waals surface area contributed by atoms with Gasteiger partial charge >= 0.3 is 12.1 Å². The Hall–Kier alpha value is -1.26. The van der Waals surface area contributed by atoms with Crippen LogP contribution < -0.4 is 5.32 Å². The Morgan fingerprint density at radius 2 is 1.72 bits per heavy atom. The van der Waals surface area contributed by atoms with E-state index in [-0.39, 0.29) is 5.92 Å². The summed E-state index contributed by atoms with van der Waals surface area (Å²) in [6.45, 7) is 10.9. The maximum absolute atomic E-state index is 11.6. The van der Waals surface area contributed by atoms with E-state index in [2.05, 4.69) is 5.32 Å². The zero-order valence-corrected chi connectivity index (χ0v) is 12.1. The number of rotatable bonds is 5. The zero-order valence-electron chi connectivity index (χ0n) is 12.1. The predicted molar refractivity (Wildman–Crippen MR) is 69.4 cm³/mol. The first-order chi connectivity index (χ1) is 8.03. The van der Waals surface area contributed by atoms with Gasteiger partial charge in [0, 0.05) is 6.04 Å². The van der Waals surface area contributed by atoms with E-state index in [1.807, 2.05) is 13.8 Å². The molecule has 0 heterocycles. The van der Waals surface area contributed by atoms with Gasteiger partial charge in [-0.05, 0) is 40.0 Å². The van der Waals surface area contributed by atoms with Crippen LogP contribution in [0, 0.1) is 11.8 Å². The van der Waals surface area contributed by atoms with E-state index in [0.717, 1.165) is 0 Å². The lowest BCUT2D eigenvalue weighted by atomic mass is 9.91. The van der Waals surface area contributed by atoms with Crippen molar-refractivity contribution in [3.8, 4) is 0 Å². The standard InChI is InChI=1S/C13H25NO4/c1-8(2)7-10(11(15)16)9(3)14-12(17)18-13(4,5)6/h8-10H,7H2,1-6H3,(H,14,17)(H,15,16). The lowest BCUT2D eigenvalue weighted by Gasteiger charge is -2.25. The number of amides is 1. The molecule has 18 heavy (non-hydrogen) atoms. The second-order valence-corrected chi connectivity index (χ2v) is 6.01. The van der Waals surface area contributed by atoms with Crippen LogP contribution in [-0.4, -0.2) is 28.8 Å². The molecule has 0 bridgehead atoms. The van der Waals surface area contributed by atoms with E-state index in [1.54, 1.807) is 27.7 Å². The van der Waals surface area contributed by atoms with Gasteiger partial charge in [-0.25, -0.2) is 4.79 Å². The minimum Gasteiger partial charge on any atom is -0.481 e. The number of carbonyl (C=O) groups excluding carboxylic acids is 1. The Morgan fingerprint density at radius 1 is 1.22 bits per heavy atom. The molecular formula is C13H25NO4. The lowest BCUT2D eigenvalue weighted by molar-refractivity contribution is -0.143. The van der Waals surface area contributed by atoms with E-state index >= 15 is 0 Å². The molecule has 0 rings (SSSR count). The van der Waals surface area contributed by atoms with Gasteiger partial charge < -0.3 is 15.2 Å². The summed E-state index contributed by atoms with van der Waals surface area (Å²) in [6.07, 6.45) is -0.0586. The number of nitrogens with one attached hydrogen (secondary N) is 1. The highest BCUT2D eigenvalue weighted by Gasteiger charge is 2.28. The van der Waals surface area contributed by atoms with Gasteiger partial charge in [0.1, 0.15) is 5.60 Å². The number of carboxylic acids is 1. The SMILES string of the molecule is CC(C)CC(C(=O)O)C(C)NC(=O)OC(C)(C)C. The Labute approximate surface area is 109 Å². The van der Waals surface area contributed by atoms with Gasteiger partial charge in [-0.15, -0.1) is 0 Å². The minimum absolute atomic E-state index is 0.258. The fourth-order valence-corrected chi connectivity index (χ4v) is 1.62. The van der Waals surface area contributed by atoms with E-state index < -0.39 is 29.6 Å². The van der Waals surface area contributed by atoms with Crippen molar-refractivity contribution < 1.29 is 19.4 Å². The molecule has 0 radical (unpaired) electrons. The van der Waals surface area contributed by atoms with Gasteiger partial charge in [0.15, 0.2) is 0 Å². The lowest BCUT2D eigenvalue weighted by Crippen LogP contribution is -2.44. The molecule has 2 unspecified atom stereocenters. The third kappa shape index (κ3) is 7.14. The van der Waals surface area contributed by atoms with Gasteiger partial charge in [0.2, 0.25) is 0 Å². The summed E-state index contributed by atoms with van der Waals surface area (Å²) in [4.78, 5) is 22.7. The average molecular weight is 259 g/mol. The van der Waals surface area contributed by atoms with E-state index in [9.17, 15) is 9.59 Å². The van der Waals surface area contributed by atoms with Crippen LogP contribution in [0.1, 0.15) is 48.0 Å². The van der Waals surface area contributed by atoms with Crippen LogP contribution in [0.4, 0.5) is 4.79 Å². The monoisotopic (exact) mass is 259 g/mol. The molecular weight excluding hydrogens is 234 g/mol. The number of hydrogen-bond donors (Lipinski definition) is 2.